The monoisotopic (exact) mass is 293 g/mol. The van der Waals surface area contributed by atoms with Crippen LogP contribution in [-0.2, 0) is 0 Å². The molecule has 0 unspecified atom stereocenters. The van der Waals surface area contributed by atoms with Crippen molar-refractivity contribution in [2.24, 2.45) is 5.73 Å². The van der Waals surface area contributed by atoms with Gasteiger partial charge in [0.1, 0.15) is 0 Å². The number of hydrogen-bond acceptors (Lipinski definition) is 3. The van der Waals surface area contributed by atoms with Crippen molar-refractivity contribution < 1.29 is 4.79 Å². The van der Waals surface area contributed by atoms with Crippen molar-refractivity contribution in [3.8, 4) is 11.8 Å². The third-order valence-electron chi connectivity index (χ3n) is 2.77. The van der Waals surface area contributed by atoms with E-state index in [-0.39, 0.29) is 12.5 Å². The molecule has 2 N–H and O–H groups in total. The van der Waals surface area contributed by atoms with E-state index in [1.807, 2.05) is 19.0 Å². The van der Waals surface area contributed by atoms with Crippen molar-refractivity contribution in [3.05, 3.63) is 34.3 Å². The highest BCUT2D eigenvalue weighted by molar-refractivity contribution is 6.32. The molecule has 0 radical (unpaired) electrons. The van der Waals surface area contributed by atoms with Gasteiger partial charge in [0, 0.05) is 31.3 Å². The van der Waals surface area contributed by atoms with E-state index in [1.165, 1.54) is 0 Å². The van der Waals surface area contributed by atoms with E-state index in [0.29, 0.717) is 22.7 Å². The van der Waals surface area contributed by atoms with Crippen LogP contribution in [0.1, 0.15) is 15.9 Å². The van der Waals surface area contributed by atoms with E-state index >= 15 is 0 Å². The van der Waals surface area contributed by atoms with Gasteiger partial charge in [0.2, 0.25) is 0 Å². The summed E-state index contributed by atoms with van der Waals surface area (Å²) in [5, 5.41) is 0.470. The average Bonchev–Trinajstić information content (AvgIpc) is 2.42. The molecule has 0 aliphatic carbocycles. The Bertz CT molecular complexity index is 532. The molecule has 1 aromatic carbocycles. The van der Waals surface area contributed by atoms with Gasteiger partial charge in [0.05, 0.1) is 11.6 Å². The molecule has 5 heteroatoms. The predicted octanol–water partition coefficient (Wildman–Crippen LogP) is 1.28. The number of amides is 1. The Hall–Kier alpha value is -1.54. The summed E-state index contributed by atoms with van der Waals surface area (Å²) < 4.78 is 0. The first kappa shape index (κ1) is 16.5. The largest absolute Gasteiger partial charge is 0.340 e. The highest BCUT2D eigenvalue weighted by Gasteiger charge is 2.13. The van der Waals surface area contributed by atoms with Crippen molar-refractivity contribution in [3.63, 3.8) is 0 Å². The lowest BCUT2D eigenvalue weighted by molar-refractivity contribution is 0.0786. The molecule has 0 saturated heterocycles. The molecule has 1 amide bonds. The second kappa shape index (κ2) is 7.91. The molecule has 1 aromatic rings. The third-order valence-corrected chi connectivity index (χ3v) is 3.08. The molecule has 0 aliphatic rings. The smallest absolute Gasteiger partial charge is 0.253 e. The topological polar surface area (TPSA) is 49.6 Å². The van der Waals surface area contributed by atoms with E-state index in [1.54, 1.807) is 30.1 Å². The Morgan fingerprint density at radius 1 is 1.30 bits per heavy atom. The first-order chi connectivity index (χ1) is 9.45. The van der Waals surface area contributed by atoms with Crippen LogP contribution in [-0.4, -0.2) is 56.5 Å². The summed E-state index contributed by atoms with van der Waals surface area (Å²) in [6.07, 6.45) is 0. The molecule has 0 bridgehead atoms. The van der Waals surface area contributed by atoms with Gasteiger partial charge in [-0.05, 0) is 32.3 Å². The van der Waals surface area contributed by atoms with Gasteiger partial charge in [-0.3, -0.25) is 4.79 Å². The summed E-state index contributed by atoms with van der Waals surface area (Å²) >= 11 is 6.12. The number of benzene rings is 1. The van der Waals surface area contributed by atoms with Crippen LogP contribution in [0, 0.1) is 11.8 Å². The van der Waals surface area contributed by atoms with Crippen LogP contribution in [0.2, 0.25) is 5.02 Å². The highest BCUT2D eigenvalue weighted by atomic mass is 35.5. The zero-order valence-electron chi connectivity index (χ0n) is 12.1. The number of rotatable bonds is 4. The summed E-state index contributed by atoms with van der Waals surface area (Å²) in [5.74, 6) is 5.56. The van der Waals surface area contributed by atoms with Crippen LogP contribution in [0.4, 0.5) is 0 Å². The van der Waals surface area contributed by atoms with Crippen LogP contribution in [0.3, 0.4) is 0 Å². The minimum absolute atomic E-state index is 0.0490. The lowest BCUT2D eigenvalue weighted by atomic mass is 10.1. The molecule has 0 saturated carbocycles. The second-order valence-electron chi connectivity index (χ2n) is 4.73. The molecule has 0 spiro atoms. The fourth-order valence-corrected chi connectivity index (χ4v) is 1.80. The fraction of sp³-hybridized carbons (Fsp3) is 0.400. The van der Waals surface area contributed by atoms with Crippen LogP contribution >= 0.6 is 11.6 Å². The maximum atomic E-state index is 12.2. The van der Waals surface area contributed by atoms with E-state index in [4.69, 9.17) is 17.3 Å². The summed E-state index contributed by atoms with van der Waals surface area (Å²) in [7, 11) is 5.72. The van der Waals surface area contributed by atoms with Gasteiger partial charge in [0.25, 0.3) is 5.91 Å². The molecule has 0 atom stereocenters. The maximum Gasteiger partial charge on any atom is 0.253 e. The quantitative estimate of drug-likeness (QED) is 0.851. The summed E-state index contributed by atoms with van der Waals surface area (Å²) in [4.78, 5) is 15.9. The van der Waals surface area contributed by atoms with Gasteiger partial charge in [-0.2, -0.15) is 0 Å². The number of hydrogen-bond donors (Lipinski definition) is 1. The molecule has 0 aliphatic heterocycles. The standard InChI is InChI=1S/C15H20ClN3O/c1-18(2)9-10-19(3)15(20)13-7-6-12(5-4-8-17)14(16)11-13/h6-7,11H,8-10,17H2,1-3H3. The zero-order chi connectivity index (χ0) is 15.1. The molecular weight excluding hydrogens is 274 g/mol. The van der Waals surface area contributed by atoms with Crippen LogP contribution < -0.4 is 5.73 Å². The normalized spacial score (nSPS) is 10.1. The Morgan fingerprint density at radius 3 is 2.55 bits per heavy atom. The van der Waals surface area contributed by atoms with Crippen molar-refractivity contribution >= 4 is 17.5 Å². The van der Waals surface area contributed by atoms with Crippen molar-refractivity contribution in [2.75, 3.05) is 40.8 Å². The van der Waals surface area contributed by atoms with E-state index < -0.39 is 0 Å². The van der Waals surface area contributed by atoms with E-state index in [0.717, 1.165) is 6.54 Å². The molecule has 0 heterocycles. The van der Waals surface area contributed by atoms with Crippen LogP contribution in [0.15, 0.2) is 18.2 Å². The number of likely N-dealkylation sites (N-methyl/N-ethyl adjacent to an activating group) is 2. The molecule has 4 nitrogen and oxygen atoms in total. The molecule has 0 fully saturated rings. The minimum Gasteiger partial charge on any atom is -0.340 e. The van der Waals surface area contributed by atoms with Crippen molar-refractivity contribution in [1.82, 2.24) is 9.80 Å². The molecule has 0 aromatic heterocycles. The third kappa shape index (κ3) is 4.86. The van der Waals surface area contributed by atoms with Crippen LogP contribution in [0.5, 0.6) is 0 Å². The molecule has 1 rings (SSSR count). The van der Waals surface area contributed by atoms with E-state index in [9.17, 15) is 4.79 Å². The number of nitrogens with zero attached hydrogens (tertiary/aromatic N) is 2. The van der Waals surface area contributed by atoms with Gasteiger partial charge >= 0.3 is 0 Å². The average molecular weight is 294 g/mol. The van der Waals surface area contributed by atoms with Gasteiger partial charge in [0.15, 0.2) is 0 Å². The van der Waals surface area contributed by atoms with Gasteiger partial charge in [-0.25, -0.2) is 0 Å². The number of carbonyl (C=O) groups excluding carboxylic acids is 1. The molecule has 108 valence electrons. The van der Waals surface area contributed by atoms with Gasteiger partial charge in [-0.1, -0.05) is 23.4 Å². The predicted molar refractivity (Wildman–Crippen MR) is 82.9 cm³/mol. The summed E-state index contributed by atoms with van der Waals surface area (Å²) in [5.41, 5.74) is 6.57. The number of halogens is 1. The summed E-state index contributed by atoms with van der Waals surface area (Å²) in [6.45, 7) is 1.76. The van der Waals surface area contributed by atoms with Gasteiger partial charge < -0.3 is 15.5 Å². The van der Waals surface area contributed by atoms with E-state index in [2.05, 4.69) is 11.8 Å². The summed E-state index contributed by atoms with van der Waals surface area (Å²) in [6, 6.07) is 5.13. The first-order valence-electron chi connectivity index (χ1n) is 6.34. The Labute approximate surface area is 125 Å². The minimum atomic E-state index is -0.0490. The Kier molecular flexibility index (Phi) is 6.53. The second-order valence-corrected chi connectivity index (χ2v) is 5.14. The first-order valence-corrected chi connectivity index (χ1v) is 6.72. The Balaban J connectivity index is 2.81. The lowest BCUT2D eigenvalue weighted by Crippen LogP contribution is -2.33. The SMILES string of the molecule is CN(C)CCN(C)C(=O)c1ccc(C#CCN)c(Cl)c1. The zero-order valence-corrected chi connectivity index (χ0v) is 12.9. The van der Waals surface area contributed by atoms with Crippen molar-refractivity contribution in [2.45, 2.75) is 0 Å². The Morgan fingerprint density at radius 2 is 2.00 bits per heavy atom. The number of nitrogens with two attached hydrogens (primary N) is 1. The lowest BCUT2D eigenvalue weighted by Gasteiger charge is -2.19. The number of carbonyl (C=O) groups is 1. The molecule has 20 heavy (non-hydrogen) atoms. The highest BCUT2D eigenvalue weighted by Crippen LogP contribution is 2.18. The van der Waals surface area contributed by atoms with Gasteiger partial charge in [-0.15, -0.1) is 0 Å². The molecular formula is C15H20ClN3O. The van der Waals surface area contributed by atoms with Crippen LogP contribution in [0.25, 0.3) is 0 Å². The fourth-order valence-electron chi connectivity index (χ4n) is 1.57. The van der Waals surface area contributed by atoms with Crippen molar-refractivity contribution in [1.29, 1.82) is 0 Å². The maximum absolute atomic E-state index is 12.2.